The van der Waals surface area contributed by atoms with E-state index in [1.807, 2.05) is 0 Å². The maximum absolute atomic E-state index is 15.3. The molecule has 3 fully saturated rings. The number of alkyl halides is 6. The molecule has 1 saturated carbocycles. The van der Waals surface area contributed by atoms with Gasteiger partial charge in [0.25, 0.3) is 11.8 Å². The summed E-state index contributed by atoms with van der Waals surface area (Å²) >= 11 is 6.31. The number of hydrogen-bond donors (Lipinski definition) is 2. The molecule has 4 aromatic carbocycles. The van der Waals surface area contributed by atoms with Gasteiger partial charge in [0, 0.05) is 16.5 Å². The number of amides is 4. The van der Waals surface area contributed by atoms with Crippen LogP contribution in [0, 0.1) is 29.5 Å². The molecule has 304 valence electrons. The van der Waals surface area contributed by atoms with E-state index in [9.17, 15) is 50.2 Å². The minimum Gasteiger partial charge on any atom is -0.507 e. The highest BCUT2D eigenvalue weighted by molar-refractivity contribution is 6.30. The summed E-state index contributed by atoms with van der Waals surface area (Å²) in [5, 5.41) is 13.0. The molecule has 2 aliphatic carbocycles. The molecular weight excluding hydrogens is 807 g/mol. The Morgan fingerprint density at radius 1 is 0.847 bits per heavy atom. The Bertz CT molecular complexity index is 2440. The van der Waals surface area contributed by atoms with E-state index in [2.05, 4.69) is 12.0 Å². The lowest BCUT2D eigenvalue weighted by molar-refractivity contribution is -0.143. The topological polar surface area (TPSA) is 107 Å². The van der Waals surface area contributed by atoms with Crippen LogP contribution >= 0.6 is 11.6 Å². The molecule has 16 heteroatoms. The second-order valence-corrected chi connectivity index (χ2v) is 15.4. The number of hydrogen-bond acceptors (Lipinski definition) is 6. The zero-order valence-electron chi connectivity index (χ0n) is 30.5. The van der Waals surface area contributed by atoms with E-state index in [0.717, 1.165) is 17.1 Å². The summed E-state index contributed by atoms with van der Waals surface area (Å²) in [4.78, 5) is 59.2. The van der Waals surface area contributed by atoms with E-state index in [1.54, 1.807) is 42.5 Å². The summed E-state index contributed by atoms with van der Waals surface area (Å²) in [6.45, 7) is 3.76. The average Bonchev–Trinajstić information content (AvgIpc) is 3.56. The van der Waals surface area contributed by atoms with Crippen LogP contribution in [-0.4, -0.2) is 33.7 Å². The Morgan fingerprint density at radius 3 is 2.10 bits per heavy atom. The number of halogens is 8. The van der Waals surface area contributed by atoms with Gasteiger partial charge < -0.3 is 5.11 Å². The SMILES string of the molecule is C=CCc1cccc(C2C3=CCC4C(=O)N(c5cc(C(F)(F)F)cc(C(F)(F)F)c5)C(=O)C4C3CC3C(=O)N(Nc4ccc(F)cc4)C(=O)C32c2ccc(Cl)cc2)c1O. The quantitative estimate of drug-likeness (QED) is 0.109. The highest BCUT2D eigenvalue weighted by atomic mass is 35.5. The van der Waals surface area contributed by atoms with Crippen LogP contribution in [0.5, 0.6) is 5.75 Å². The number of para-hydroxylation sites is 1. The second kappa shape index (κ2) is 14.1. The minimum absolute atomic E-state index is 0.106. The number of phenols is 1. The molecule has 2 N–H and O–H groups in total. The Morgan fingerprint density at radius 2 is 1.49 bits per heavy atom. The van der Waals surface area contributed by atoms with Crippen LogP contribution in [-0.2, 0) is 43.4 Å². The smallest absolute Gasteiger partial charge is 0.416 e. The molecule has 4 aliphatic rings. The first-order valence-electron chi connectivity index (χ1n) is 18.3. The highest BCUT2D eigenvalue weighted by Crippen LogP contribution is 2.65. The predicted octanol–water partition coefficient (Wildman–Crippen LogP) is 9.14. The van der Waals surface area contributed by atoms with Gasteiger partial charge in [-0.3, -0.25) is 24.6 Å². The summed E-state index contributed by atoms with van der Waals surface area (Å²) in [5.74, 6) is -10.8. The molecule has 8 rings (SSSR count). The van der Waals surface area contributed by atoms with Gasteiger partial charge in [0.05, 0.1) is 45.7 Å². The number of fused-ring (bicyclic) bond motifs is 4. The molecule has 0 radical (unpaired) electrons. The number of aromatic hydroxyl groups is 1. The van der Waals surface area contributed by atoms with E-state index < -0.39 is 93.6 Å². The van der Waals surface area contributed by atoms with E-state index in [0.29, 0.717) is 38.8 Å². The lowest BCUT2D eigenvalue weighted by atomic mass is 9.49. The van der Waals surface area contributed by atoms with Gasteiger partial charge in [-0.15, -0.1) is 6.58 Å². The average molecular weight is 838 g/mol. The zero-order chi connectivity index (χ0) is 42.3. The van der Waals surface area contributed by atoms with Gasteiger partial charge in [-0.05, 0) is 90.9 Å². The molecule has 0 aromatic heterocycles. The molecule has 0 bridgehead atoms. The van der Waals surface area contributed by atoms with Crippen molar-refractivity contribution in [1.29, 1.82) is 0 Å². The van der Waals surface area contributed by atoms with Crippen molar-refractivity contribution in [3.8, 4) is 5.75 Å². The molecule has 4 amide bonds. The van der Waals surface area contributed by atoms with Crippen molar-refractivity contribution in [2.45, 2.75) is 42.9 Å². The Kier molecular flexibility index (Phi) is 9.53. The Labute approximate surface area is 336 Å². The first kappa shape index (κ1) is 39.8. The third-order valence-corrected chi connectivity index (χ3v) is 12.2. The van der Waals surface area contributed by atoms with Gasteiger partial charge in [-0.25, -0.2) is 9.29 Å². The molecular formula is C43H31ClF7N3O5. The summed E-state index contributed by atoms with van der Waals surface area (Å²) in [6, 6.07) is 16.3. The number of carbonyl (C=O) groups is 4. The van der Waals surface area contributed by atoms with Crippen LogP contribution in [0.4, 0.5) is 42.1 Å². The number of nitrogens with zero attached hydrogens (tertiary/aromatic N) is 2. The fraction of sp³-hybridized carbons (Fsp3) is 0.256. The third kappa shape index (κ3) is 6.28. The monoisotopic (exact) mass is 837 g/mol. The maximum Gasteiger partial charge on any atom is 0.416 e. The zero-order valence-corrected chi connectivity index (χ0v) is 31.2. The summed E-state index contributed by atoms with van der Waals surface area (Å²) in [7, 11) is 0. The summed E-state index contributed by atoms with van der Waals surface area (Å²) in [6.07, 6.45) is -7.70. The number of nitrogens with one attached hydrogen (secondary N) is 1. The van der Waals surface area contributed by atoms with Crippen LogP contribution in [0.15, 0.2) is 109 Å². The molecule has 8 nitrogen and oxygen atoms in total. The number of carbonyl (C=O) groups excluding carboxylic acids is 4. The molecule has 2 heterocycles. The van der Waals surface area contributed by atoms with Gasteiger partial charge in [0.1, 0.15) is 11.6 Å². The third-order valence-electron chi connectivity index (χ3n) is 11.9. The molecule has 2 saturated heterocycles. The number of benzene rings is 4. The van der Waals surface area contributed by atoms with E-state index in [4.69, 9.17) is 11.6 Å². The standard InChI is InChI=1S/C43H31ClF7N3O5/c1-2-4-21-5-3-6-31(36(21)55)35-29-15-16-30-34(39(58)53(37(30)56)28-18-23(42(46,47)48)17-24(19-28)43(49,50)51)32(29)20-33-38(57)54(52-27-13-11-26(45)12-14-27)40(59)41(33,35)22-7-9-25(44)10-8-22/h2-3,5-15,17-19,30,32-35,52,55H,1,4,16,20H2. The number of imide groups is 2. The number of allylic oxidation sites excluding steroid dienone is 3. The van der Waals surface area contributed by atoms with E-state index >= 15 is 4.79 Å². The fourth-order valence-electron chi connectivity index (χ4n) is 9.49. The van der Waals surface area contributed by atoms with Crippen LogP contribution < -0.4 is 10.3 Å². The molecule has 6 unspecified atom stereocenters. The first-order valence-corrected chi connectivity index (χ1v) is 18.7. The van der Waals surface area contributed by atoms with Crippen LogP contribution in [0.1, 0.15) is 46.6 Å². The van der Waals surface area contributed by atoms with Crippen LogP contribution in [0.3, 0.4) is 0 Å². The lowest BCUT2D eigenvalue weighted by Crippen LogP contribution is -2.53. The van der Waals surface area contributed by atoms with Crippen molar-refractivity contribution in [3.63, 3.8) is 0 Å². The summed E-state index contributed by atoms with van der Waals surface area (Å²) in [5.41, 5.74) is -2.06. The van der Waals surface area contributed by atoms with Crippen molar-refractivity contribution in [2.24, 2.45) is 23.7 Å². The fourth-order valence-corrected chi connectivity index (χ4v) is 9.61. The van der Waals surface area contributed by atoms with Crippen molar-refractivity contribution in [1.82, 2.24) is 5.01 Å². The summed E-state index contributed by atoms with van der Waals surface area (Å²) < 4.78 is 97.6. The molecule has 59 heavy (non-hydrogen) atoms. The van der Waals surface area contributed by atoms with Gasteiger partial charge >= 0.3 is 12.4 Å². The van der Waals surface area contributed by atoms with E-state index in [1.165, 1.54) is 24.3 Å². The second-order valence-electron chi connectivity index (χ2n) is 15.0. The van der Waals surface area contributed by atoms with Gasteiger partial charge in [0.15, 0.2) is 0 Å². The lowest BCUT2D eigenvalue weighted by Gasteiger charge is -2.50. The van der Waals surface area contributed by atoms with Crippen LogP contribution in [0.25, 0.3) is 0 Å². The van der Waals surface area contributed by atoms with Crippen molar-refractivity contribution in [3.05, 3.63) is 148 Å². The first-order chi connectivity index (χ1) is 27.9. The minimum atomic E-state index is -5.27. The largest absolute Gasteiger partial charge is 0.507 e. The number of phenolic OH excluding ortho intramolecular Hbond substituents is 1. The highest BCUT2D eigenvalue weighted by Gasteiger charge is 2.70. The predicted molar refractivity (Wildman–Crippen MR) is 200 cm³/mol. The van der Waals surface area contributed by atoms with Gasteiger partial charge in [-0.2, -0.15) is 31.4 Å². The van der Waals surface area contributed by atoms with Gasteiger partial charge in [-0.1, -0.05) is 59.7 Å². The number of hydrazine groups is 1. The molecule has 4 aromatic rings. The van der Waals surface area contributed by atoms with Crippen molar-refractivity contribution >= 4 is 46.6 Å². The van der Waals surface area contributed by atoms with Crippen molar-refractivity contribution in [2.75, 3.05) is 10.3 Å². The number of anilines is 2. The number of rotatable bonds is 7. The molecule has 6 atom stereocenters. The molecule has 2 aliphatic heterocycles. The Balaban J connectivity index is 1.33. The van der Waals surface area contributed by atoms with Crippen molar-refractivity contribution < 1.29 is 55.0 Å². The van der Waals surface area contributed by atoms with Crippen LogP contribution in [0.2, 0.25) is 5.02 Å². The maximum atomic E-state index is 15.3. The Hall–Kier alpha value is -5.96. The van der Waals surface area contributed by atoms with E-state index in [-0.39, 0.29) is 42.3 Å². The van der Waals surface area contributed by atoms with Gasteiger partial charge in [0.2, 0.25) is 11.8 Å². The molecule has 0 spiro atoms. The normalized spacial score (nSPS) is 25.4.